The molecule has 6 heteroatoms. The molecule has 1 fully saturated rings. The molecule has 0 spiro atoms. The highest BCUT2D eigenvalue weighted by Gasteiger charge is 2.27. The van der Waals surface area contributed by atoms with Gasteiger partial charge in [0.25, 0.3) is 0 Å². The van der Waals surface area contributed by atoms with E-state index in [4.69, 9.17) is 15.2 Å². The Morgan fingerprint density at radius 2 is 1.96 bits per heavy atom. The van der Waals surface area contributed by atoms with Crippen molar-refractivity contribution in [2.45, 2.75) is 32.2 Å². The van der Waals surface area contributed by atoms with Crippen molar-refractivity contribution < 1.29 is 14.3 Å². The predicted octanol–water partition coefficient (Wildman–Crippen LogP) is 2.25. The fraction of sp³-hybridized carbons (Fsp3) is 0.588. The third-order valence-corrected chi connectivity index (χ3v) is 4.41. The zero-order valence-corrected chi connectivity index (χ0v) is 14.9. The molecular weight excluding hydrogens is 316 g/mol. The Morgan fingerprint density at radius 3 is 2.48 bits per heavy atom. The van der Waals surface area contributed by atoms with Crippen LogP contribution in [0.4, 0.5) is 0 Å². The van der Waals surface area contributed by atoms with Crippen LogP contribution in [0.3, 0.4) is 0 Å². The van der Waals surface area contributed by atoms with E-state index in [1.165, 1.54) is 0 Å². The number of nitrogens with two attached hydrogens (primary N) is 1. The molecule has 0 saturated carbocycles. The van der Waals surface area contributed by atoms with E-state index in [2.05, 4.69) is 0 Å². The molecule has 5 nitrogen and oxygen atoms in total. The first-order valence-corrected chi connectivity index (χ1v) is 7.80. The van der Waals surface area contributed by atoms with E-state index in [0.29, 0.717) is 23.8 Å². The molecule has 1 aromatic rings. The van der Waals surface area contributed by atoms with E-state index in [1.54, 1.807) is 14.2 Å². The van der Waals surface area contributed by atoms with Crippen LogP contribution in [0.5, 0.6) is 11.5 Å². The van der Waals surface area contributed by atoms with Gasteiger partial charge >= 0.3 is 0 Å². The number of nitrogens with zero attached hydrogens (tertiary/aromatic N) is 1. The molecule has 2 N–H and O–H groups in total. The molecule has 2 atom stereocenters. The number of amides is 1. The number of piperidine rings is 1. The van der Waals surface area contributed by atoms with Gasteiger partial charge in [0.05, 0.1) is 20.6 Å². The minimum Gasteiger partial charge on any atom is -0.496 e. The van der Waals surface area contributed by atoms with Crippen molar-refractivity contribution in [1.29, 1.82) is 0 Å². The summed E-state index contributed by atoms with van der Waals surface area (Å²) >= 11 is 0. The summed E-state index contributed by atoms with van der Waals surface area (Å²) in [5.74, 6) is 1.87. The molecule has 1 amide bonds. The van der Waals surface area contributed by atoms with Crippen LogP contribution in [-0.2, 0) is 11.2 Å². The maximum absolute atomic E-state index is 12.6. The van der Waals surface area contributed by atoms with Gasteiger partial charge in [-0.1, -0.05) is 6.07 Å². The Balaban J connectivity index is 0.00000264. The molecule has 1 aliphatic rings. The molecular formula is C17H27ClN2O3. The lowest BCUT2D eigenvalue weighted by Gasteiger charge is -2.34. The van der Waals surface area contributed by atoms with E-state index < -0.39 is 0 Å². The van der Waals surface area contributed by atoms with Gasteiger partial charge in [0.2, 0.25) is 5.91 Å². The predicted molar refractivity (Wildman–Crippen MR) is 93.5 cm³/mol. The van der Waals surface area contributed by atoms with Crippen molar-refractivity contribution in [1.82, 2.24) is 4.90 Å². The summed E-state index contributed by atoms with van der Waals surface area (Å²) < 4.78 is 10.7. The molecule has 0 radical (unpaired) electrons. The second-order valence-corrected chi connectivity index (χ2v) is 5.92. The van der Waals surface area contributed by atoms with Gasteiger partial charge in [-0.25, -0.2) is 0 Å². The van der Waals surface area contributed by atoms with Gasteiger partial charge in [0.1, 0.15) is 11.5 Å². The summed E-state index contributed by atoms with van der Waals surface area (Å²) in [4.78, 5) is 14.6. The first-order valence-electron chi connectivity index (χ1n) is 7.80. The number of halogens is 1. The van der Waals surface area contributed by atoms with E-state index in [1.807, 2.05) is 30.0 Å². The summed E-state index contributed by atoms with van der Waals surface area (Å²) in [7, 11) is 3.21. The van der Waals surface area contributed by atoms with Crippen molar-refractivity contribution >= 4 is 18.3 Å². The topological polar surface area (TPSA) is 64.8 Å². The van der Waals surface area contributed by atoms with Crippen LogP contribution in [0.1, 0.15) is 25.3 Å². The first-order chi connectivity index (χ1) is 10.6. The molecule has 2 rings (SSSR count). The van der Waals surface area contributed by atoms with Gasteiger partial charge in [0.15, 0.2) is 0 Å². The van der Waals surface area contributed by atoms with Crippen molar-refractivity contribution in [3.63, 3.8) is 0 Å². The maximum atomic E-state index is 12.6. The number of hydrogen-bond acceptors (Lipinski definition) is 4. The van der Waals surface area contributed by atoms with Gasteiger partial charge in [-0.3, -0.25) is 4.79 Å². The highest BCUT2D eigenvalue weighted by atomic mass is 35.5. The molecule has 1 aliphatic heterocycles. The van der Waals surface area contributed by atoms with Crippen LogP contribution in [0.2, 0.25) is 0 Å². The Morgan fingerprint density at radius 1 is 1.35 bits per heavy atom. The second-order valence-electron chi connectivity index (χ2n) is 5.92. The monoisotopic (exact) mass is 342 g/mol. The molecule has 1 aromatic carbocycles. The first kappa shape index (κ1) is 19.6. The second kappa shape index (κ2) is 8.99. The SMILES string of the molecule is COc1cccc(OC)c1CC(=O)N1CCCC(C(C)N)C1.Cl. The number of carbonyl (C=O) groups is 1. The summed E-state index contributed by atoms with van der Waals surface area (Å²) in [6.45, 7) is 3.56. The lowest BCUT2D eigenvalue weighted by Crippen LogP contribution is -2.45. The minimum atomic E-state index is 0. The van der Waals surface area contributed by atoms with Gasteiger partial charge in [-0.15, -0.1) is 12.4 Å². The van der Waals surface area contributed by atoms with E-state index in [0.717, 1.165) is 31.5 Å². The van der Waals surface area contributed by atoms with Crippen molar-refractivity contribution in [3.8, 4) is 11.5 Å². The Labute approximate surface area is 144 Å². The minimum absolute atomic E-state index is 0. The molecule has 1 saturated heterocycles. The van der Waals surface area contributed by atoms with Crippen molar-refractivity contribution in [3.05, 3.63) is 23.8 Å². The molecule has 0 aliphatic carbocycles. The lowest BCUT2D eigenvalue weighted by atomic mass is 9.92. The van der Waals surface area contributed by atoms with Gasteiger partial charge in [-0.2, -0.15) is 0 Å². The largest absolute Gasteiger partial charge is 0.496 e. The number of rotatable bonds is 5. The van der Waals surface area contributed by atoms with Crippen molar-refractivity contribution in [2.75, 3.05) is 27.3 Å². The van der Waals surface area contributed by atoms with Crippen LogP contribution in [0, 0.1) is 5.92 Å². The quantitative estimate of drug-likeness (QED) is 0.891. The Hall–Kier alpha value is -1.46. The zero-order chi connectivity index (χ0) is 16.1. The fourth-order valence-corrected chi connectivity index (χ4v) is 3.03. The normalized spacial score (nSPS) is 18.8. The van der Waals surface area contributed by atoms with E-state index in [-0.39, 0.29) is 24.4 Å². The third-order valence-electron chi connectivity index (χ3n) is 4.41. The Kier molecular flexibility index (Phi) is 7.65. The van der Waals surface area contributed by atoms with Crippen molar-refractivity contribution in [2.24, 2.45) is 11.7 Å². The van der Waals surface area contributed by atoms with Gasteiger partial charge in [0, 0.05) is 24.7 Å². The standard InChI is InChI=1S/C17H26N2O3.ClH/c1-12(18)13-6-5-9-19(11-13)17(20)10-14-15(21-2)7-4-8-16(14)22-3;/h4,7-8,12-13H,5-6,9-11,18H2,1-3H3;1H. The third kappa shape index (κ3) is 4.75. The molecule has 0 aromatic heterocycles. The molecule has 1 heterocycles. The molecule has 130 valence electrons. The Bertz CT molecular complexity index is 500. The highest BCUT2D eigenvalue weighted by molar-refractivity contribution is 5.85. The van der Waals surface area contributed by atoms with Crippen LogP contribution in [0.25, 0.3) is 0 Å². The molecule has 0 bridgehead atoms. The fourth-order valence-electron chi connectivity index (χ4n) is 3.03. The molecule has 2 unspecified atom stereocenters. The summed E-state index contributed by atoms with van der Waals surface area (Å²) in [6.07, 6.45) is 2.40. The average molecular weight is 343 g/mol. The van der Waals surface area contributed by atoms with E-state index >= 15 is 0 Å². The van der Waals surface area contributed by atoms with Crippen LogP contribution >= 0.6 is 12.4 Å². The summed E-state index contributed by atoms with van der Waals surface area (Å²) in [6, 6.07) is 5.69. The number of benzene rings is 1. The lowest BCUT2D eigenvalue weighted by molar-refractivity contribution is -0.132. The highest BCUT2D eigenvalue weighted by Crippen LogP contribution is 2.29. The van der Waals surface area contributed by atoms with Gasteiger partial charge in [-0.05, 0) is 37.8 Å². The maximum Gasteiger partial charge on any atom is 0.227 e. The average Bonchev–Trinajstić information content (AvgIpc) is 2.55. The summed E-state index contributed by atoms with van der Waals surface area (Å²) in [5, 5.41) is 0. The smallest absolute Gasteiger partial charge is 0.227 e. The van der Waals surface area contributed by atoms with Crippen LogP contribution in [0.15, 0.2) is 18.2 Å². The number of methoxy groups -OCH3 is 2. The zero-order valence-electron chi connectivity index (χ0n) is 14.1. The number of carbonyl (C=O) groups excluding carboxylic acids is 1. The number of ether oxygens (including phenoxy) is 2. The van der Waals surface area contributed by atoms with Crippen LogP contribution in [-0.4, -0.2) is 44.2 Å². The van der Waals surface area contributed by atoms with Crippen LogP contribution < -0.4 is 15.2 Å². The number of hydrogen-bond donors (Lipinski definition) is 1. The molecule has 23 heavy (non-hydrogen) atoms. The summed E-state index contributed by atoms with van der Waals surface area (Å²) in [5.41, 5.74) is 6.80. The van der Waals surface area contributed by atoms with Gasteiger partial charge < -0.3 is 20.1 Å². The number of likely N-dealkylation sites (tertiary alicyclic amines) is 1. The van der Waals surface area contributed by atoms with E-state index in [9.17, 15) is 4.79 Å².